The first-order valence-corrected chi connectivity index (χ1v) is 11.8. The number of fused-ring (bicyclic) bond motifs is 1. The predicted molar refractivity (Wildman–Crippen MR) is 132 cm³/mol. The van der Waals surface area contributed by atoms with Crippen LogP contribution in [0.4, 0.5) is 11.8 Å². The highest BCUT2D eigenvalue weighted by atomic mass is 32.1. The van der Waals surface area contributed by atoms with Gasteiger partial charge in [0, 0.05) is 32.3 Å². The van der Waals surface area contributed by atoms with Gasteiger partial charge in [0.15, 0.2) is 0 Å². The Morgan fingerprint density at radius 2 is 1.78 bits per heavy atom. The minimum Gasteiger partial charge on any atom is -0.396 e. The van der Waals surface area contributed by atoms with E-state index in [9.17, 15) is 5.11 Å². The molecule has 2 atom stereocenters. The number of aromatic nitrogens is 3. The topological polar surface area (TPSA) is 74.2 Å². The summed E-state index contributed by atoms with van der Waals surface area (Å²) >= 11 is 1.67. The lowest BCUT2D eigenvalue weighted by Gasteiger charge is -2.21. The molecule has 0 spiro atoms. The fourth-order valence-corrected chi connectivity index (χ4v) is 5.32. The van der Waals surface area contributed by atoms with E-state index < -0.39 is 0 Å². The summed E-state index contributed by atoms with van der Waals surface area (Å²) in [6.07, 6.45) is 2.99. The molecule has 0 amide bonds. The molecule has 164 valence electrons. The van der Waals surface area contributed by atoms with Gasteiger partial charge >= 0.3 is 0 Å². The molecular formula is C25H27N5OS. The van der Waals surface area contributed by atoms with Gasteiger partial charge in [0.1, 0.15) is 10.8 Å². The number of nitrogens with one attached hydrogen (secondary N) is 1. The van der Waals surface area contributed by atoms with Gasteiger partial charge in [0.05, 0.1) is 21.5 Å². The normalized spacial score (nSPS) is 18.2. The number of thiazole rings is 1. The van der Waals surface area contributed by atoms with Crippen LogP contribution in [0.1, 0.15) is 19.3 Å². The third-order valence-electron chi connectivity index (χ3n) is 5.99. The lowest BCUT2D eigenvalue weighted by molar-refractivity contribution is 0.229. The molecule has 1 fully saturated rings. The van der Waals surface area contributed by atoms with Crippen LogP contribution in [0.3, 0.4) is 0 Å². The second kappa shape index (κ2) is 8.84. The maximum Gasteiger partial charge on any atom is 0.227 e. The molecule has 1 aliphatic carbocycles. The van der Waals surface area contributed by atoms with E-state index in [2.05, 4.69) is 23.5 Å². The van der Waals surface area contributed by atoms with Crippen molar-refractivity contribution in [1.82, 2.24) is 15.0 Å². The minimum atomic E-state index is 0.241. The van der Waals surface area contributed by atoms with Crippen molar-refractivity contribution in [2.24, 2.45) is 5.92 Å². The number of benzene rings is 2. The summed E-state index contributed by atoms with van der Waals surface area (Å²) in [4.78, 5) is 16.8. The van der Waals surface area contributed by atoms with Crippen molar-refractivity contribution in [2.75, 3.05) is 30.9 Å². The van der Waals surface area contributed by atoms with E-state index in [-0.39, 0.29) is 12.6 Å². The molecule has 2 unspecified atom stereocenters. The molecule has 2 aromatic heterocycles. The summed E-state index contributed by atoms with van der Waals surface area (Å²) in [6, 6.07) is 18.7. The smallest absolute Gasteiger partial charge is 0.227 e. The zero-order valence-corrected chi connectivity index (χ0v) is 19.1. The van der Waals surface area contributed by atoms with E-state index in [1.54, 1.807) is 11.3 Å². The van der Waals surface area contributed by atoms with Crippen LogP contribution in [-0.2, 0) is 0 Å². The Labute approximate surface area is 192 Å². The van der Waals surface area contributed by atoms with Gasteiger partial charge < -0.3 is 15.3 Å². The summed E-state index contributed by atoms with van der Waals surface area (Å²) in [5, 5.41) is 14.2. The first-order valence-electron chi connectivity index (χ1n) is 11.0. The first-order chi connectivity index (χ1) is 15.6. The largest absolute Gasteiger partial charge is 0.396 e. The molecular weight excluding hydrogens is 418 g/mol. The second-order valence-corrected chi connectivity index (χ2v) is 9.58. The number of hydrogen-bond donors (Lipinski definition) is 2. The molecule has 0 bridgehead atoms. The van der Waals surface area contributed by atoms with E-state index in [4.69, 9.17) is 15.0 Å². The Morgan fingerprint density at radius 1 is 1.00 bits per heavy atom. The Kier molecular flexibility index (Phi) is 5.76. The van der Waals surface area contributed by atoms with E-state index in [0.29, 0.717) is 11.9 Å². The van der Waals surface area contributed by atoms with Crippen molar-refractivity contribution >= 4 is 33.3 Å². The number of para-hydroxylation sites is 1. The number of rotatable bonds is 6. The minimum absolute atomic E-state index is 0.241. The molecule has 0 radical (unpaired) electrons. The quantitative estimate of drug-likeness (QED) is 0.432. The zero-order valence-electron chi connectivity index (χ0n) is 18.3. The highest BCUT2D eigenvalue weighted by molar-refractivity contribution is 7.21. The number of anilines is 2. The number of hydrogen-bond acceptors (Lipinski definition) is 7. The lowest BCUT2D eigenvalue weighted by Crippen LogP contribution is -2.20. The SMILES string of the molecule is CN(C)c1nc(NC2CCC(CO)C2)c(-c2nc3ccccc3s2)c(-c2ccccc2)n1. The Morgan fingerprint density at radius 3 is 2.50 bits per heavy atom. The maximum absolute atomic E-state index is 9.60. The van der Waals surface area contributed by atoms with Crippen LogP contribution in [0.25, 0.3) is 32.0 Å². The van der Waals surface area contributed by atoms with Crippen molar-refractivity contribution in [1.29, 1.82) is 0 Å². The van der Waals surface area contributed by atoms with Crippen LogP contribution < -0.4 is 10.2 Å². The Balaban J connectivity index is 1.70. The van der Waals surface area contributed by atoms with Crippen molar-refractivity contribution in [3.05, 3.63) is 54.6 Å². The fourth-order valence-electron chi connectivity index (χ4n) is 4.31. The summed E-state index contributed by atoms with van der Waals surface area (Å²) in [7, 11) is 3.92. The van der Waals surface area contributed by atoms with Crippen LogP contribution in [0.15, 0.2) is 54.6 Å². The Bertz CT molecular complexity index is 1190. The van der Waals surface area contributed by atoms with Crippen LogP contribution in [0, 0.1) is 5.92 Å². The van der Waals surface area contributed by atoms with Gasteiger partial charge in [-0.25, -0.2) is 9.97 Å². The molecule has 1 aliphatic rings. The summed E-state index contributed by atoms with van der Waals surface area (Å²) in [5.74, 6) is 1.82. The molecule has 4 aromatic rings. The predicted octanol–water partition coefficient (Wildman–Crippen LogP) is 5.06. The average molecular weight is 446 g/mol. The lowest BCUT2D eigenvalue weighted by atomic mass is 10.1. The fraction of sp³-hybridized carbons (Fsp3) is 0.320. The van der Waals surface area contributed by atoms with Crippen molar-refractivity contribution < 1.29 is 5.11 Å². The summed E-state index contributed by atoms with van der Waals surface area (Å²) < 4.78 is 1.14. The van der Waals surface area contributed by atoms with Crippen LogP contribution >= 0.6 is 11.3 Å². The summed E-state index contributed by atoms with van der Waals surface area (Å²) in [5.41, 5.74) is 3.84. The van der Waals surface area contributed by atoms with Gasteiger partial charge in [-0.05, 0) is 37.3 Å². The average Bonchev–Trinajstić information content (AvgIpc) is 3.45. The van der Waals surface area contributed by atoms with E-state index in [1.807, 2.05) is 55.4 Å². The van der Waals surface area contributed by atoms with Crippen molar-refractivity contribution in [3.8, 4) is 21.8 Å². The molecule has 2 heterocycles. The first kappa shape index (κ1) is 20.8. The molecule has 0 saturated heterocycles. The van der Waals surface area contributed by atoms with Crippen LogP contribution in [-0.4, -0.2) is 46.8 Å². The van der Waals surface area contributed by atoms with Gasteiger partial charge in [-0.3, -0.25) is 0 Å². The van der Waals surface area contributed by atoms with Gasteiger partial charge in [0.25, 0.3) is 0 Å². The standard InChI is InChI=1S/C25H27N5OS/c1-30(2)25-28-22(17-8-4-3-5-9-17)21(24-27-19-10-6-7-11-20(19)32-24)23(29-25)26-18-13-12-16(14-18)15-31/h3-11,16,18,31H,12-15H2,1-2H3,(H,26,28,29). The molecule has 0 aliphatic heterocycles. The number of aliphatic hydroxyl groups is 1. The molecule has 2 N–H and O–H groups in total. The van der Waals surface area contributed by atoms with E-state index in [0.717, 1.165) is 57.1 Å². The summed E-state index contributed by atoms with van der Waals surface area (Å²) in [6.45, 7) is 0.241. The molecule has 32 heavy (non-hydrogen) atoms. The Hall–Kier alpha value is -3.03. The van der Waals surface area contributed by atoms with Crippen LogP contribution in [0.2, 0.25) is 0 Å². The second-order valence-electron chi connectivity index (χ2n) is 8.55. The monoisotopic (exact) mass is 445 g/mol. The van der Waals surface area contributed by atoms with Crippen molar-refractivity contribution in [2.45, 2.75) is 25.3 Å². The van der Waals surface area contributed by atoms with Gasteiger partial charge in [-0.1, -0.05) is 42.5 Å². The number of aliphatic hydroxyl groups excluding tert-OH is 1. The van der Waals surface area contributed by atoms with Gasteiger partial charge in [-0.15, -0.1) is 11.3 Å². The third-order valence-corrected chi connectivity index (χ3v) is 7.05. The zero-order chi connectivity index (χ0) is 22.1. The molecule has 1 saturated carbocycles. The molecule has 7 heteroatoms. The molecule has 5 rings (SSSR count). The van der Waals surface area contributed by atoms with Crippen LogP contribution in [0.5, 0.6) is 0 Å². The highest BCUT2D eigenvalue weighted by Crippen LogP contribution is 2.41. The third kappa shape index (κ3) is 4.06. The molecule has 2 aromatic carbocycles. The van der Waals surface area contributed by atoms with Crippen molar-refractivity contribution in [3.63, 3.8) is 0 Å². The maximum atomic E-state index is 9.60. The van der Waals surface area contributed by atoms with E-state index in [1.165, 1.54) is 0 Å². The van der Waals surface area contributed by atoms with Gasteiger partial charge in [0.2, 0.25) is 5.95 Å². The molecule has 6 nitrogen and oxygen atoms in total. The van der Waals surface area contributed by atoms with Gasteiger partial charge in [-0.2, -0.15) is 4.98 Å². The highest BCUT2D eigenvalue weighted by Gasteiger charge is 2.28. The van der Waals surface area contributed by atoms with E-state index >= 15 is 0 Å². The number of nitrogens with zero attached hydrogens (tertiary/aromatic N) is 4.